The van der Waals surface area contributed by atoms with E-state index < -0.39 is 17.9 Å². The molecule has 5 nitrogen and oxygen atoms in total. The van der Waals surface area contributed by atoms with Crippen LogP contribution in [0.25, 0.3) is 0 Å². The highest BCUT2D eigenvalue weighted by atomic mass is 127. The van der Waals surface area contributed by atoms with Gasteiger partial charge in [0.1, 0.15) is 11.8 Å². The number of rotatable bonds is 4. The van der Waals surface area contributed by atoms with E-state index in [0.29, 0.717) is 3.57 Å². The van der Waals surface area contributed by atoms with Crippen molar-refractivity contribution in [1.82, 2.24) is 5.32 Å². The fourth-order valence-corrected chi connectivity index (χ4v) is 1.73. The third-order valence-corrected chi connectivity index (χ3v) is 3.34. The summed E-state index contributed by atoms with van der Waals surface area (Å²) in [5.74, 6) is -1.81. The summed E-state index contributed by atoms with van der Waals surface area (Å²) in [5, 5.41) is 20.9. The number of benzene rings is 1. The van der Waals surface area contributed by atoms with Crippen LogP contribution in [0.3, 0.4) is 0 Å². The van der Waals surface area contributed by atoms with E-state index in [9.17, 15) is 14.7 Å². The van der Waals surface area contributed by atoms with Crippen LogP contribution in [-0.2, 0) is 4.79 Å². The monoisotopic (exact) mass is 363 g/mol. The number of hydrogen-bond donors (Lipinski definition) is 3. The molecule has 1 aromatic rings. The molecule has 0 aromatic heterocycles. The third-order valence-electron chi connectivity index (χ3n) is 2.43. The minimum Gasteiger partial charge on any atom is -0.507 e. The van der Waals surface area contributed by atoms with E-state index in [1.54, 1.807) is 19.9 Å². The van der Waals surface area contributed by atoms with Gasteiger partial charge in [-0.25, -0.2) is 4.79 Å². The van der Waals surface area contributed by atoms with Gasteiger partial charge in [-0.05, 0) is 46.7 Å². The Balaban J connectivity index is 2.87. The van der Waals surface area contributed by atoms with Gasteiger partial charge in [0.15, 0.2) is 0 Å². The number of aliphatic carboxylic acids is 1. The molecule has 0 saturated heterocycles. The number of carbonyl (C=O) groups excluding carboxylic acids is 1. The fourth-order valence-electron chi connectivity index (χ4n) is 1.39. The number of hydrogen-bond acceptors (Lipinski definition) is 3. The number of amides is 1. The van der Waals surface area contributed by atoms with Gasteiger partial charge < -0.3 is 15.5 Å². The first-order chi connectivity index (χ1) is 8.32. The lowest BCUT2D eigenvalue weighted by molar-refractivity contribution is -0.140. The molecule has 1 aromatic carbocycles. The Morgan fingerprint density at radius 2 is 1.94 bits per heavy atom. The molecule has 0 saturated carbocycles. The van der Waals surface area contributed by atoms with Crippen molar-refractivity contribution in [2.24, 2.45) is 5.92 Å². The Bertz CT molecular complexity index is 473. The molecule has 0 aliphatic rings. The highest BCUT2D eigenvalue weighted by molar-refractivity contribution is 14.1. The maximum atomic E-state index is 11.8. The Labute approximate surface area is 118 Å². The van der Waals surface area contributed by atoms with Gasteiger partial charge >= 0.3 is 5.97 Å². The predicted octanol–water partition coefficient (Wildman–Crippen LogP) is 1.84. The molecular weight excluding hydrogens is 349 g/mol. The first-order valence-corrected chi connectivity index (χ1v) is 6.43. The van der Waals surface area contributed by atoms with E-state index in [1.807, 2.05) is 22.6 Å². The van der Waals surface area contributed by atoms with Crippen LogP contribution in [0.2, 0.25) is 0 Å². The molecule has 0 bridgehead atoms. The summed E-state index contributed by atoms with van der Waals surface area (Å²) in [6, 6.07) is 3.50. The number of nitrogens with one attached hydrogen (secondary N) is 1. The van der Waals surface area contributed by atoms with E-state index in [4.69, 9.17) is 5.11 Å². The third kappa shape index (κ3) is 3.59. The second kappa shape index (κ2) is 6.03. The average Bonchev–Trinajstić information content (AvgIpc) is 2.28. The van der Waals surface area contributed by atoms with Crippen LogP contribution in [0.15, 0.2) is 18.2 Å². The normalized spacial score (nSPS) is 12.2. The Hall–Kier alpha value is -1.31. The van der Waals surface area contributed by atoms with Gasteiger partial charge in [-0.2, -0.15) is 0 Å². The van der Waals surface area contributed by atoms with Crippen molar-refractivity contribution in [3.8, 4) is 5.75 Å². The summed E-state index contributed by atoms with van der Waals surface area (Å²) in [6.45, 7) is 3.43. The molecular formula is C12H14INO4. The number of carboxylic acid groups (broad SMARTS) is 1. The van der Waals surface area contributed by atoms with Gasteiger partial charge in [0.05, 0.1) is 3.57 Å². The van der Waals surface area contributed by atoms with Crippen LogP contribution in [0.5, 0.6) is 5.75 Å². The van der Waals surface area contributed by atoms with Crippen LogP contribution in [-0.4, -0.2) is 28.1 Å². The van der Waals surface area contributed by atoms with E-state index >= 15 is 0 Å². The smallest absolute Gasteiger partial charge is 0.326 e. The van der Waals surface area contributed by atoms with Gasteiger partial charge in [0.2, 0.25) is 0 Å². The fraction of sp³-hybridized carbons (Fsp3) is 0.333. The van der Waals surface area contributed by atoms with Crippen molar-refractivity contribution < 1.29 is 19.8 Å². The first-order valence-electron chi connectivity index (χ1n) is 5.35. The molecule has 1 amide bonds. The predicted molar refractivity (Wildman–Crippen MR) is 74.6 cm³/mol. The molecule has 0 aliphatic heterocycles. The number of phenolic OH excluding ortho intramolecular Hbond substituents is 1. The second-order valence-corrected chi connectivity index (χ2v) is 5.36. The van der Waals surface area contributed by atoms with Gasteiger partial charge in [0.25, 0.3) is 5.91 Å². The van der Waals surface area contributed by atoms with E-state index in [0.717, 1.165) is 0 Å². The molecule has 3 N–H and O–H groups in total. The van der Waals surface area contributed by atoms with Crippen molar-refractivity contribution in [1.29, 1.82) is 0 Å². The van der Waals surface area contributed by atoms with Crippen LogP contribution < -0.4 is 5.32 Å². The average molecular weight is 363 g/mol. The molecule has 0 aliphatic carbocycles. The van der Waals surface area contributed by atoms with Crippen LogP contribution in [0, 0.1) is 9.49 Å². The van der Waals surface area contributed by atoms with Crippen molar-refractivity contribution in [2.75, 3.05) is 0 Å². The lowest BCUT2D eigenvalue weighted by Gasteiger charge is -2.17. The zero-order chi connectivity index (χ0) is 13.9. The summed E-state index contributed by atoms with van der Waals surface area (Å²) in [5.41, 5.74) is 0.236. The Kier molecular flexibility index (Phi) is 4.94. The number of aromatic hydroxyl groups is 1. The number of phenols is 1. The van der Waals surface area contributed by atoms with Gasteiger partial charge in [-0.3, -0.25) is 4.79 Å². The molecule has 0 heterocycles. The minimum absolute atomic E-state index is 0.000304. The van der Waals surface area contributed by atoms with Gasteiger partial charge in [0, 0.05) is 5.56 Å². The second-order valence-electron chi connectivity index (χ2n) is 4.20. The molecule has 1 rings (SSSR count). The van der Waals surface area contributed by atoms with Crippen molar-refractivity contribution >= 4 is 34.5 Å². The summed E-state index contributed by atoms with van der Waals surface area (Å²) >= 11 is 1.94. The maximum Gasteiger partial charge on any atom is 0.326 e. The maximum absolute atomic E-state index is 11.8. The van der Waals surface area contributed by atoms with Crippen LogP contribution in [0.1, 0.15) is 24.2 Å². The standard InChI is InChI=1S/C12H14INO4/c1-6(2)10(12(17)18)14-11(16)7-3-4-8(13)9(15)5-7/h3-6,10,15H,1-2H3,(H,14,16)(H,17,18). The summed E-state index contributed by atoms with van der Waals surface area (Å²) in [4.78, 5) is 22.8. The van der Waals surface area contributed by atoms with Crippen LogP contribution >= 0.6 is 22.6 Å². The minimum atomic E-state index is -1.08. The molecule has 1 atom stereocenters. The molecule has 6 heteroatoms. The topological polar surface area (TPSA) is 86.6 Å². The molecule has 98 valence electrons. The lowest BCUT2D eigenvalue weighted by Crippen LogP contribution is -2.44. The zero-order valence-corrected chi connectivity index (χ0v) is 12.1. The molecule has 0 spiro atoms. The number of carboxylic acids is 1. The highest BCUT2D eigenvalue weighted by Gasteiger charge is 2.24. The lowest BCUT2D eigenvalue weighted by atomic mass is 10.0. The molecule has 1 unspecified atom stereocenters. The van der Waals surface area contributed by atoms with Crippen molar-refractivity contribution in [3.63, 3.8) is 0 Å². The largest absolute Gasteiger partial charge is 0.507 e. The zero-order valence-electron chi connectivity index (χ0n) is 9.98. The summed E-state index contributed by atoms with van der Waals surface area (Å²) in [6.07, 6.45) is 0. The number of carbonyl (C=O) groups is 2. The number of halogens is 1. The van der Waals surface area contributed by atoms with Crippen molar-refractivity contribution in [3.05, 3.63) is 27.3 Å². The Morgan fingerprint density at radius 3 is 2.39 bits per heavy atom. The SMILES string of the molecule is CC(C)C(NC(=O)c1ccc(I)c(O)c1)C(=O)O. The van der Waals surface area contributed by atoms with Gasteiger partial charge in [-0.15, -0.1) is 0 Å². The van der Waals surface area contributed by atoms with Crippen LogP contribution in [0.4, 0.5) is 0 Å². The van der Waals surface area contributed by atoms with E-state index in [1.165, 1.54) is 12.1 Å². The molecule has 0 radical (unpaired) electrons. The molecule has 18 heavy (non-hydrogen) atoms. The quantitative estimate of drug-likeness (QED) is 0.713. The molecule has 0 fully saturated rings. The van der Waals surface area contributed by atoms with Gasteiger partial charge in [-0.1, -0.05) is 13.8 Å². The summed E-state index contributed by atoms with van der Waals surface area (Å²) in [7, 11) is 0. The van der Waals surface area contributed by atoms with E-state index in [-0.39, 0.29) is 17.2 Å². The van der Waals surface area contributed by atoms with E-state index in [2.05, 4.69) is 5.32 Å². The first kappa shape index (κ1) is 14.7. The Morgan fingerprint density at radius 1 is 1.33 bits per heavy atom. The summed E-state index contributed by atoms with van der Waals surface area (Å²) < 4.78 is 0.628. The highest BCUT2D eigenvalue weighted by Crippen LogP contribution is 2.20. The van der Waals surface area contributed by atoms with Crippen molar-refractivity contribution in [2.45, 2.75) is 19.9 Å².